The highest BCUT2D eigenvalue weighted by Gasteiger charge is 2.34. The Morgan fingerprint density at radius 1 is 1.33 bits per heavy atom. The third-order valence-corrected chi connectivity index (χ3v) is 4.24. The van der Waals surface area contributed by atoms with E-state index in [1.807, 2.05) is 44.2 Å². The monoisotopic (exact) mass is 291 g/mol. The van der Waals surface area contributed by atoms with Crippen LogP contribution in [0.25, 0.3) is 0 Å². The van der Waals surface area contributed by atoms with Crippen molar-refractivity contribution in [1.82, 2.24) is 5.32 Å². The van der Waals surface area contributed by atoms with Gasteiger partial charge in [0.1, 0.15) is 5.60 Å². The van der Waals surface area contributed by atoms with E-state index in [2.05, 4.69) is 5.32 Å². The number of ether oxygens (including phenoxy) is 1. The van der Waals surface area contributed by atoms with Gasteiger partial charge in [0.2, 0.25) is 0 Å². The predicted octanol–water partition coefficient (Wildman–Crippen LogP) is 2.43. The SMILES string of the molecule is CC(C)(OC(=O)CC(O)c1ccccc1)C1CCNCC1. The molecule has 0 aromatic heterocycles. The van der Waals surface area contributed by atoms with Gasteiger partial charge in [0.25, 0.3) is 0 Å². The first-order valence-electron chi connectivity index (χ1n) is 7.64. The van der Waals surface area contributed by atoms with E-state index >= 15 is 0 Å². The van der Waals surface area contributed by atoms with Gasteiger partial charge in [0, 0.05) is 5.92 Å². The van der Waals surface area contributed by atoms with Crippen LogP contribution in [0.1, 0.15) is 44.8 Å². The first kappa shape index (κ1) is 16.0. The first-order valence-corrected chi connectivity index (χ1v) is 7.64. The summed E-state index contributed by atoms with van der Waals surface area (Å²) < 4.78 is 5.64. The number of rotatable bonds is 5. The van der Waals surface area contributed by atoms with Gasteiger partial charge in [-0.15, -0.1) is 0 Å². The Labute approximate surface area is 126 Å². The van der Waals surface area contributed by atoms with Crippen LogP contribution in [0.4, 0.5) is 0 Å². The van der Waals surface area contributed by atoms with E-state index < -0.39 is 11.7 Å². The topological polar surface area (TPSA) is 58.6 Å². The van der Waals surface area contributed by atoms with Gasteiger partial charge in [-0.05, 0) is 45.3 Å². The minimum absolute atomic E-state index is 0.00157. The van der Waals surface area contributed by atoms with Crippen LogP contribution in [0.15, 0.2) is 30.3 Å². The molecule has 0 saturated carbocycles. The number of piperidine rings is 1. The molecule has 0 bridgehead atoms. The Balaban J connectivity index is 1.88. The molecule has 4 heteroatoms. The minimum atomic E-state index is -0.803. The molecule has 1 saturated heterocycles. The number of benzene rings is 1. The van der Waals surface area contributed by atoms with E-state index in [1.165, 1.54) is 0 Å². The molecular formula is C17H25NO3. The van der Waals surface area contributed by atoms with Crippen LogP contribution in [-0.4, -0.2) is 29.8 Å². The second-order valence-electron chi connectivity index (χ2n) is 6.23. The second kappa shape index (κ2) is 7.05. The summed E-state index contributed by atoms with van der Waals surface area (Å²) in [6, 6.07) is 9.21. The molecule has 0 aliphatic carbocycles. The summed E-state index contributed by atoms with van der Waals surface area (Å²) in [4.78, 5) is 12.1. The van der Waals surface area contributed by atoms with E-state index in [1.54, 1.807) is 0 Å². The molecular weight excluding hydrogens is 266 g/mol. The molecule has 0 amide bonds. The fourth-order valence-electron chi connectivity index (χ4n) is 2.89. The van der Waals surface area contributed by atoms with Gasteiger partial charge in [-0.25, -0.2) is 0 Å². The number of carbonyl (C=O) groups excluding carboxylic acids is 1. The van der Waals surface area contributed by atoms with Crippen molar-refractivity contribution >= 4 is 5.97 Å². The average Bonchev–Trinajstić information content (AvgIpc) is 2.48. The normalized spacial score (nSPS) is 18.2. The number of carbonyl (C=O) groups is 1. The minimum Gasteiger partial charge on any atom is -0.459 e. The van der Waals surface area contributed by atoms with E-state index in [0.717, 1.165) is 31.5 Å². The molecule has 21 heavy (non-hydrogen) atoms. The Morgan fingerprint density at radius 2 is 1.95 bits per heavy atom. The van der Waals surface area contributed by atoms with Crippen molar-refractivity contribution in [3.8, 4) is 0 Å². The summed E-state index contributed by atoms with van der Waals surface area (Å²) in [6.45, 7) is 5.88. The quantitative estimate of drug-likeness (QED) is 0.818. The largest absolute Gasteiger partial charge is 0.459 e. The number of aliphatic hydroxyl groups is 1. The van der Waals surface area contributed by atoms with Gasteiger partial charge in [0.15, 0.2) is 0 Å². The van der Waals surface area contributed by atoms with Gasteiger partial charge < -0.3 is 15.2 Å². The van der Waals surface area contributed by atoms with Crippen molar-refractivity contribution in [1.29, 1.82) is 0 Å². The molecule has 1 unspecified atom stereocenters. The summed E-state index contributed by atoms with van der Waals surface area (Å²) in [5.74, 6) is 0.0338. The van der Waals surface area contributed by atoms with Crippen LogP contribution < -0.4 is 5.32 Å². The zero-order valence-corrected chi connectivity index (χ0v) is 12.8. The Kier molecular flexibility index (Phi) is 5.37. The van der Waals surface area contributed by atoms with Gasteiger partial charge >= 0.3 is 5.97 Å². The lowest BCUT2D eigenvalue weighted by Crippen LogP contribution is -2.42. The summed E-state index contributed by atoms with van der Waals surface area (Å²) >= 11 is 0. The number of esters is 1. The predicted molar refractivity (Wildman–Crippen MR) is 81.8 cm³/mol. The van der Waals surface area contributed by atoms with E-state index in [4.69, 9.17) is 4.74 Å². The summed E-state index contributed by atoms with van der Waals surface area (Å²) in [6.07, 6.45) is 1.23. The van der Waals surface area contributed by atoms with Gasteiger partial charge in [-0.2, -0.15) is 0 Å². The van der Waals surface area contributed by atoms with Crippen molar-refractivity contribution in [2.45, 2.75) is 44.8 Å². The third-order valence-electron chi connectivity index (χ3n) is 4.24. The molecule has 2 rings (SSSR count). The zero-order valence-electron chi connectivity index (χ0n) is 12.8. The summed E-state index contributed by atoms with van der Waals surface area (Å²) in [7, 11) is 0. The maximum Gasteiger partial charge on any atom is 0.309 e. The Hall–Kier alpha value is -1.39. The smallest absolute Gasteiger partial charge is 0.309 e. The van der Waals surface area contributed by atoms with Gasteiger partial charge in [-0.3, -0.25) is 4.79 Å². The highest BCUT2D eigenvalue weighted by molar-refractivity contribution is 5.70. The van der Waals surface area contributed by atoms with Gasteiger partial charge in [0.05, 0.1) is 12.5 Å². The summed E-state index contributed by atoms with van der Waals surface area (Å²) in [5.41, 5.74) is 0.268. The first-order chi connectivity index (χ1) is 9.99. The molecule has 1 aromatic carbocycles. The number of hydrogen-bond acceptors (Lipinski definition) is 4. The molecule has 1 atom stereocenters. The maximum atomic E-state index is 12.1. The van der Waals surface area contributed by atoms with E-state index in [-0.39, 0.29) is 12.4 Å². The van der Waals surface area contributed by atoms with Crippen LogP contribution in [0, 0.1) is 5.92 Å². The molecule has 0 radical (unpaired) electrons. The lowest BCUT2D eigenvalue weighted by atomic mass is 9.83. The van der Waals surface area contributed by atoms with Crippen molar-refractivity contribution < 1.29 is 14.6 Å². The lowest BCUT2D eigenvalue weighted by Gasteiger charge is -2.36. The van der Waals surface area contributed by atoms with Crippen LogP contribution in [0.5, 0.6) is 0 Å². The molecule has 1 heterocycles. The Bertz CT molecular complexity index is 452. The lowest BCUT2D eigenvalue weighted by molar-refractivity contribution is -0.165. The van der Waals surface area contributed by atoms with Crippen molar-refractivity contribution in [3.63, 3.8) is 0 Å². The molecule has 116 valence electrons. The van der Waals surface area contributed by atoms with Gasteiger partial charge in [-0.1, -0.05) is 30.3 Å². The van der Waals surface area contributed by atoms with Crippen LogP contribution in [0.3, 0.4) is 0 Å². The molecule has 1 aromatic rings. The summed E-state index contributed by atoms with van der Waals surface area (Å²) in [5, 5.41) is 13.4. The average molecular weight is 291 g/mol. The molecule has 1 aliphatic heterocycles. The highest BCUT2D eigenvalue weighted by Crippen LogP contribution is 2.30. The van der Waals surface area contributed by atoms with Crippen LogP contribution in [0.2, 0.25) is 0 Å². The fraction of sp³-hybridized carbons (Fsp3) is 0.588. The van der Waals surface area contributed by atoms with Crippen LogP contribution >= 0.6 is 0 Å². The number of hydrogen-bond donors (Lipinski definition) is 2. The third kappa shape index (κ3) is 4.55. The molecule has 4 nitrogen and oxygen atoms in total. The molecule has 1 aliphatic rings. The molecule has 0 spiro atoms. The zero-order chi connectivity index (χ0) is 15.3. The Morgan fingerprint density at radius 3 is 2.57 bits per heavy atom. The number of aliphatic hydroxyl groups excluding tert-OH is 1. The molecule has 2 N–H and O–H groups in total. The second-order valence-corrected chi connectivity index (χ2v) is 6.23. The maximum absolute atomic E-state index is 12.1. The molecule has 1 fully saturated rings. The van der Waals surface area contributed by atoms with Crippen molar-refractivity contribution in [2.24, 2.45) is 5.92 Å². The van der Waals surface area contributed by atoms with Crippen molar-refractivity contribution in [2.75, 3.05) is 13.1 Å². The number of nitrogens with one attached hydrogen (secondary N) is 1. The van der Waals surface area contributed by atoms with Crippen molar-refractivity contribution in [3.05, 3.63) is 35.9 Å². The van der Waals surface area contributed by atoms with Crippen LogP contribution in [-0.2, 0) is 9.53 Å². The highest BCUT2D eigenvalue weighted by atomic mass is 16.6. The van der Waals surface area contributed by atoms with E-state index in [0.29, 0.717) is 5.92 Å². The fourth-order valence-corrected chi connectivity index (χ4v) is 2.89. The standard InChI is InChI=1S/C17H25NO3/c1-17(2,14-8-10-18-11-9-14)21-16(20)12-15(19)13-6-4-3-5-7-13/h3-7,14-15,18-19H,8-12H2,1-2H3. The van der Waals surface area contributed by atoms with E-state index in [9.17, 15) is 9.90 Å².